The molecule has 1 fully saturated rings. The van der Waals surface area contributed by atoms with E-state index in [2.05, 4.69) is 15.6 Å². The molecule has 1 aliphatic heterocycles. The maximum atomic E-state index is 14.2. The molecule has 5 rings (SSSR count). The number of anilines is 1. The number of ketones is 1. The maximum absolute atomic E-state index is 14.2. The van der Waals surface area contributed by atoms with Crippen molar-refractivity contribution in [3.05, 3.63) is 119 Å². The first-order chi connectivity index (χ1) is 23.9. The van der Waals surface area contributed by atoms with Crippen LogP contribution in [0.5, 0.6) is 0 Å². The second kappa shape index (κ2) is 16.0. The molecule has 4 aromatic rings. The van der Waals surface area contributed by atoms with E-state index in [1.165, 1.54) is 44.4 Å². The summed E-state index contributed by atoms with van der Waals surface area (Å²) in [6, 6.07) is 20.7. The molecule has 4 N–H and O–H groups in total. The Morgan fingerprint density at radius 3 is 2.36 bits per heavy atom. The topological polar surface area (TPSA) is 149 Å². The number of ether oxygens (including phenoxy) is 1. The van der Waals surface area contributed by atoms with Gasteiger partial charge in [-0.15, -0.1) is 0 Å². The van der Waals surface area contributed by atoms with Crippen molar-refractivity contribution >= 4 is 29.3 Å². The molecular weight excluding hydrogens is 639 g/mol. The highest BCUT2D eigenvalue weighted by Crippen LogP contribution is 2.28. The van der Waals surface area contributed by atoms with Gasteiger partial charge in [-0.25, -0.2) is 9.37 Å². The highest BCUT2D eigenvalue weighted by Gasteiger charge is 2.34. The molecule has 3 aromatic carbocycles. The van der Waals surface area contributed by atoms with Crippen molar-refractivity contribution in [3.63, 3.8) is 0 Å². The van der Waals surface area contributed by atoms with Crippen molar-refractivity contribution in [1.82, 2.24) is 19.8 Å². The van der Waals surface area contributed by atoms with Gasteiger partial charge >= 0.3 is 0 Å². The van der Waals surface area contributed by atoms with Crippen LogP contribution in [-0.2, 0) is 25.7 Å². The van der Waals surface area contributed by atoms with Crippen LogP contribution in [0, 0.1) is 18.7 Å². The van der Waals surface area contributed by atoms with Crippen molar-refractivity contribution in [1.29, 1.82) is 0 Å². The molecule has 11 nitrogen and oxygen atoms in total. The molecule has 0 spiro atoms. The van der Waals surface area contributed by atoms with Gasteiger partial charge in [0, 0.05) is 30.8 Å². The van der Waals surface area contributed by atoms with Gasteiger partial charge in [-0.1, -0.05) is 60.2 Å². The van der Waals surface area contributed by atoms with Gasteiger partial charge in [-0.2, -0.15) is 0 Å². The molecule has 0 bridgehead atoms. The second-order valence-electron chi connectivity index (χ2n) is 13.2. The zero-order valence-electron chi connectivity index (χ0n) is 28.5. The monoisotopic (exact) mass is 682 g/mol. The van der Waals surface area contributed by atoms with Crippen LogP contribution in [0.2, 0.25) is 0 Å². The van der Waals surface area contributed by atoms with E-state index in [-0.39, 0.29) is 36.6 Å². The molecule has 0 saturated carbocycles. The predicted octanol–water partition coefficient (Wildman–Crippen LogP) is 4.42. The zero-order valence-corrected chi connectivity index (χ0v) is 28.5. The average molecular weight is 683 g/mol. The molecule has 0 aliphatic carbocycles. The molecule has 3 amide bonds. The van der Waals surface area contributed by atoms with E-state index in [4.69, 9.17) is 10.5 Å². The fourth-order valence-electron chi connectivity index (χ4n) is 5.82. The van der Waals surface area contributed by atoms with Crippen LogP contribution in [0.4, 0.5) is 10.2 Å². The first-order valence-electron chi connectivity index (χ1n) is 16.6. The molecule has 2 atom stereocenters. The van der Waals surface area contributed by atoms with Crippen LogP contribution < -0.4 is 16.4 Å². The lowest BCUT2D eigenvalue weighted by Crippen LogP contribution is -2.56. The summed E-state index contributed by atoms with van der Waals surface area (Å²) in [5.41, 5.74) is 7.82. The standard InChI is InChI=1S/C38H43FN6O5/c1-25-8-7-11-29(20-25)33(36(48)44-18-16-28(17-19-44)34(46)27-12-14-30(39)15-13-27)45-21-32(41-24-45)43-35(47)31(42-37(49)38(2,3)40)23-50-22-26-9-5-4-6-10-26/h4-15,20-21,24,28,31,33H,16-19,22-23,40H2,1-3H3,(H,42,49)(H,43,47). The predicted molar refractivity (Wildman–Crippen MR) is 187 cm³/mol. The normalized spacial score (nSPS) is 14.9. The number of amides is 3. The largest absolute Gasteiger partial charge is 0.374 e. The molecule has 12 heteroatoms. The number of nitrogens with two attached hydrogens (primary N) is 1. The van der Waals surface area contributed by atoms with E-state index in [0.717, 1.165) is 16.7 Å². The molecule has 1 aromatic heterocycles. The number of piperidine rings is 1. The fourth-order valence-corrected chi connectivity index (χ4v) is 5.82. The van der Waals surface area contributed by atoms with Crippen LogP contribution in [0.1, 0.15) is 59.8 Å². The zero-order chi connectivity index (χ0) is 35.8. The highest BCUT2D eigenvalue weighted by molar-refractivity contribution is 5.99. The summed E-state index contributed by atoms with van der Waals surface area (Å²) in [6.45, 7) is 5.88. The number of rotatable bonds is 13. The van der Waals surface area contributed by atoms with Crippen molar-refractivity contribution in [2.75, 3.05) is 25.0 Å². The maximum Gasteiger partial charge on any atom is 0.250 e. The number of carbonyl (C=O) groups excluding carboxylic acids is 4. The van der Waals surface area contributed by atoms with Crippen molar-refractivity contribution in [2.45, 2.75) is 57.8 Å². The second-order valence-corrected chi connectivity index (χ2v) is 13.2. The molecular formula is C38H43FN6O5. The van der Waals surface area contributed by atoms with Crippen LogP contribution in [0.3, 0.4) is 0 Å². The lowest BCUT2D eigenvalue weighted by molar-refractivity contribution is -0.134. The van der Waals surface area contributed by atoms with Crippen molar-refractivity contribution in [2.24, 2.45) is 11.7 Å². The number of hydrogen-bond acceptors (Lipinski definition) is 7. The Morgan fingerprint density at radius 2 is 1.70 bits per heavy atom. The summed E-state index contributed by atoms with van der Waals surface area (Å²) in [5, 5.41) is 5.42. The summed E-state index contributed by atoms with van der Waals surface area (Å²) in [4.78, 5) is 59.6. The first kappa shape index (κ1) is 36.1. The van der Waals surface area contributed by atoms with Gasteiger partial charge in [0.05, 0.1) is 25.1 Å². The number of nitrogens with zero attached hydrogens (tertiary/aromatic N) is 3. The third kappa shape index (κ3) is 9.27. The summed E-state index contributed by atoms with van der Waals surface area (Å²) in [7, 11) is 0. The minimum absolute atomic E-state index is 0.0580. The Hall–Kier alpha value is -5.20. The molecule has 262 valence electrons. The van der Waals surface area contributed by atoms with Gasteiger partial charge in [-0.05, 0) is 69.0 Å². The Bertz CT molecular complexity index is 1800. The van der Waals surface area contributed by atoms with E-state index in [1.807, 2.05) is 61.5 Å². The Kier molecular flexibility index (Phi) is 11.6. The van der Waals surface area contributed by atoms with Crippen molar-refractivity contribution in [3.8, 4) is 0 Å². The van der Waals surface area contributed by atoms with E-state index >= 15 is 0 Å². The molecule has 50 heavy (non-hydrogen) atoms. The Balaban J connectivity index is 1.30. The minimum Gasteiger partial charge on any atom is -0.374 e. The molecule has 0 radical (unpaired) electrons. The van der Waals surface area contributed by atoms with Crippen LogP contribution in [0.15, 0.2) is 91.4 Å². The van der Waals surface area contributed by atoms with Crippen LogP contribution >= 0.6 is 0 Å². The lowest BCUT2D eigenvalue weighted by atomic mass is 9.88. The molecule has 2 heterocycles. The van der Waals surface area contributed by atoms with Gasteiger partial charge in [0.2, 0.25) is 11.8 Å². The van der Waals surface area contributed by atoms with Gasteiger partial charge in [0.25, 0.3) is 5.91 Å². The van der Waals surface area contributed by atoms with Gasteiger partial charge < -0.3 is 30.6 Å². The number of hydrogen-bond donors (Lipinski definition) is 3. The van der Waals surface area contributed by atoms with Gasteiger partial charge in [-0.3, -0.25) is 19.2 Å². The summed E-state index contributed by atoms with van der Waals surface area (Å²) in [6.07, 6.45) is 4.01. The van der Waals surface area contributed by atoms with E-state index in [9.17, 15) is 23.6 Å². The van der Waals surface area contributed by atoms with Crippen molar-refractivity contribution < 1.29 is 28.3 Å². The number of carbonyl (C=O) groups is 4. The number of nitrogens with one attached hydrogen (secondary N) is 2. The highest BCUT2D eigenvalue weighted by atomic mass is 19.1. The molecule has 1 aliphatic rings. The van der Waals surface area contributed by atoms with Gasteiger partial charge in [0.1, 0.15) is 17.9 Å². The third-order valence-corrected chi connectivity index (χ3v) is 8.65. The lowest BCUT2D eigenvalue weighted by Gasteiger charge is -2.34. The first-order valence-corrected chi connectivity index (χ1v) is 16.6. The minimum atomic E-state index is -1.23. The number of benzene rings is 3. The number of halogens is 1. The number of aromatic nitrogens is 2. The average Bonchev–Trinajstić information content (AvgIpc) is 3.55. The summed E-state index contributed by atoms with van der Waals surface area (Å²) in [5.74, 6) is -1.82. The Labute approximate surface area is 291 Å². The van der Waals surface area contributed by atoms with E-state index < -0.39 is 35.3 Å². The van der Waals surface area contributed by atoms with Crippen LogP contribution in [0.25, 0.3) is 0 Å². The van der Waals surface area contributed by atoms with Crippen LogP contribution in [-0.4, -0.2) is 69.2 Å². The van der Waals surface area contributed by atoms with E-state index in [1.54, 1.807) is 15.7 Å². The quantitative estimate of drug-likeness (QED) is 0.177. The van der Waals surface area contributed by atoms with Gasteiger partial charge in [0.15, 0.2) is 11.6 Å². The molecule has 2 unspecified atom stereocenters. The molecule has 1 saturated heterocycles. The number of aryl methyl sites for hydroxylation is 1. The smallest absolute Gasteiger partial charge is 0.250 e. The SMILES string of the molecule is Cc1cccc(C(C(=O)N2CCC(C(=O)c3ccc(F)cc3)CC2)n2cnc(NC(=O)C(COCc3ccccc3)NC(=O)C(C)(C)N)c2)c1. The third-order valence-electron chi connectivity index (χ3n) is 8.65. The number of likely N-dealkylation sites (tertiary alicyclic amines) is 1. The number of imidazole rings is 1. The fraction of sp³-hybridized carbons (Fsp3) is 0.342. The summed E-state index contributed by atoms with van der Waals surface area (Å²) >= 11 is 0. The van der Waals surface area contributed by atoms with E-state index in [0.29, 0.717) is 31.5 Å². The Morgan fingerprint density at radius 1 is 1.00 bits per heavy atom. The number of Topliss-reactive ketones (excluding diaryl/α,β-unsaturated/α-hetero) is 1. The summed E-state index contributed by atoms with van der Waals surface area (Å²) < 4.78 is 20.8.